The molecule has 0 amide bonds. The topological polar surface area (TPSA) is 26.3 Å². The molecule has 16 heavy (non-hydrogen) atoms. The molecule has 88 valence electrons. The van der Waals surface area contributed by atoms with Crippen LogP contribution in [0.15, 0.2) is 20.4 Å². The molecule has 0 saturated heterocycles. The number of rotatable bonds is 2. The van der Waals surface area contributed by atoms with E-state index in [1.165, 1.54) is 6.08 Å². The molecule has 5 heteroatoms. The van der Waals surface area contributed by atoms with Gasteiger partial charge in [0.2, 0.25) is 0 Å². The highest BCUT2D eigenvalue weighted by molar-refractivity contribution is 9.13. The number of hydrogen-bond donors (Lipinski definition) is 0. The Bertz CT molecular complexity index is 397. The van der Waals surface area contributed by atoms with Gasteiger partial charge in [-0.25, -0.2) is 4.79 Å². The van der Waals surface area contributed by atoms with Crippen molar-refractivity contribution < 1.29 is 9.53 Å². The molecule has 1 aromatic heterocycles. The van der Waals surface area contributed by atoms with Gasteiger partial charge < -0.3 is 4.74 Å². The zero-order valence-corrected chi connectivity index (χ0v) is 13.2. The van der Waals surface area contributed by atoms with Gasteiger partial charge >= 0.3 is 5.97 Å². The maximum atomic E-state index is 11.4. The van der Waals surface area contributed by atoms with Gasteiger partial charge in [-0.2, -0.15) is 0 Å². The van der Waals surface area contributed by atoms with Gasteiger partial charge in [0, 0.05) is 15.4 Å². The summed E-state index contributed by atoms with van der Waals surface area (Å²) in [5.74, 6) is -0.326. The Morgan fingerprint density at radius 3 is 2.50 bits per heavy atom. The number of carbonyl (C=O) groups excluding carboxylic acids is 1. The summed E-state index contributed by atoms with van der Waals surface area (Å²) in [6, 6.07) is 1.94. The molecule has 2 nitrogen and oxygen atoms in total. The molecule has 0 bridgehead atoms. The van der Waals surface area contributed by atoms with Crippen LogP contribution in [0.1, 0.15) is 25.6 Å². The number of hydrogen-bond acceptors (Lipinski definition) is 3. The summed E-state index contributed by atoms with van der Waals surface area (Å²) in [5.41, 5.74) is -0.446. The Balaban J connectivity index is 2.64. The Kier molecular flexibility index (Phi) is 4.76. The van der Waals surface area contributed by atoms with Gasteiger partial charge in [-0.1, -0.05) is 0 Å². The quantitative estimate of drug-likeness (QED) is 0.562. The number of thiophene rings is 1. The van der Waals surface area contributed by atoms with Crippen molar-refractivity contribution in [3.63, 3.8) is 0 Å². The van der Waals surface area contributed by atoms with Crippen LogP contribution in [-0.2, 0) is 9.53 Å². The van der Waals surface area contributed by atoms with Gasteiger partial charge in [0.15, 0.2) is 0 Å². The van der Waals surface area contributed by atoms with E-state index in [1.54, 1.807) is 17.4 Å². The molecular weight excluding hydrogens is 356 g/mol. The standard InChI is InChI=1S/C11H12Br2O2S/c1-11(2,3)15-9(14)5-4-7-6-8(12)10(13)16-7/h4-6H,1-3H3. The monoisotopic (exact) mass is 366 g/mol. The Hall–Kier alpha value is -0.130. The lowest BCUT2D eigenvalue weighted by molar-refractivity contribution is -0.148. The van der Waals surface area contributed by atoms with E-state index in [9.17, 15) is 4.79 Å². The number of halogens is 2. The second-order valence-corrected chi connectivity index (χ2v) is 7.39. The predicted octanol–water partition coefficient (Wildman–Crippen LogP) is 4.63. The van der Waals surface area contributed by atoms with E-state index < -0.39 is 5.60 Å². The van der Waals surface area contributed by atoms with Crippen LogP contribution in [0.3, 0.4) is 0 Å². The predicted molar refractivity (Wildman–Crippen MR) is 74.6 cm³/mol. The number of esters is 1. The van der Waals surface area contributed by atoms with Gasteiger partial charge in [-0.15, -0.1) is 11.3 Å². The normalized spacial score (nSPS) is 12.1. The van der Waals surface area contributed by atoms with E-state index in [2.05, 4.69) is 31.9 Å². The summed E-state index contributed by atoms with van der Waals surface area (Å²) < 4.78 is 7.15. The summed E-state index contributed by atoms with van der Waals surface area (Å²) in [5, 5.41) is 0. The third-order valence-electron chi connectivity index (χ3n) is 1.45. The van der Waals surface area contributed by atoms with Crippen molar-refractivity contribution in [3.05, 3.63) is 25.3 Å². The van der Waals surface area contributed by atoms with Gasteiger partial charge in [-0.05, 0) is 64.8 Å². The van der Waals surface area contributed by atoms with Gasteiger partial charge in [0.05, 0.1) is 3.79 Å². The van der Waals surface area contributed by atoms with Crippen LogP contribution in [0.25, 0.3) is 6.08 Å². The van der Waals surface area contributed by atoms with Crippen LogP contribution in [0.2, 0.25) is 0 Å². The first-order chi connectivity index (χ1) is 7.28. The van der Waals surface area contributed by atoms with Crippen molar-refractivity contribution in [1.29, 1.82) is 0 Å². The minimum absolute atomic E-state index is 0.326. The lowest BCUT2D eigenvalue weighted by Gasteiger charge is -2.17. The van der Waals surface area contributed by atoms with Crippen LogP contribution < -0.4 is 0 Å². The zero-order chi connectivity index (χ0) is 12.3. The Morgan fingerprint density at radius 1 is 1.44 bits per heavy atom. The van der Waals surface area contributed by atoms with E-state index >= 15 is 0 Å². The molecule has 0 unspecified atom stereocenters. The Labute approximate surface area is 116 Å². The second-order valence-electron chi connectivity index (χ2n) is 4.14. The third-order valence-corrected chi connectivity index (χ3v) is 4.68. The molecular formula is C11H12Br2O2S. The molecule has 1 heterocycles. The molecule has 0 saturated carbocycles. The number of carbonyl (C=O) groups is 1. The van der Waals surface area contributed by atoms with E-state index in [0.717, 1.165) is 13.1 Å². The minimum Gasteiger partial charge on any atom is -0.457 e. The van der Waals surface area contributed by atoms with Crippen molar-refractivity contribution >= 4 is 55.2 Å². The molecule has 0 radical (unpaired) electrons. The maximum absolute atomic E-state index is 11.4. The highest BCUT2D eigenvalue weighted by Gasteiger charge is 2.13. The van der Waals surface area contributed by atoms with E-state index in [-0.39, 0.29) is 5.97 Å². The van der Waals surface area contributed by atoms with Gasteiger partial charge in [-0.3, -0.25) is 0 Å². The largest absolute Gasteiger partial charge is 0.457 e. The van der Waals surface area contributed by atoms with Crippen molar-refractivity contribution in [3.8, 4) is 0 Å². The summed E-state index contributed by atoms with van der Waals surface area (Å²) in [6.45, 7) is 5.53. The molecule has 0 N–H and O–H groups in total. The second kappa shape index (κ2) is 5.47. The molecule has 1 rings (SSSR count). The first kappa shape index (κ1) is 13.9. The average Bonchev–Trinajstić information content (AvgIpc) is 2.40. The van der Waals surface area contributed by atoms with Crippen LogP contribution in [0.5, 0.6) is 0 Å². The highest BCUT2D eigenvalue weighted by atomic mass is 79.9. The lowest BCUT2D eigenvalue weighted by Crippen LogP contribution is -2.22. The van der Waals surface area contributed by atoms with E-state index in [0.29, 0.717) is 0 Å². The molecule has 0 fully saturated rings. The molecule has 0 aliphatic heterocycles. The van der Waals surface area contributed by atoms with Crippen molar-refractivity contribution in [2.75, 3.05) is 0 Å². The smallest absolute Gasteiger partial charge is 0.331 e. The average molecular weight is 368 g/mol. The minimum atomic E-state index is -0.446. The molecule has 0 spiro atoms. The van der Waals surface area contributed by atoms with Crippen LogP contribution in [0, 0.1) is 0 Å². The molecule has 0 aliphatic rings. The fraction of sp³-hybridized carbons (Fsp3) is 0.364. The first-order valence-corrected chi connectivity index (χ1v) is 7.04. The van der Waals surface area contributed by atoms with Crippen LogP contribution >= 0.6 is 43.2 Å². The van der Waals surface area contributed by atoms with Crippen molar-refractivity contribution in [2.24, 2.45) is 0 Å². The molecule has 0 aromatic carbocycles. The Morgan fingerprint density at radius 2 is 2.06 bits per heavy atom. The molecule has 1 aromatic rings. The van der Waals surface area contributed by atoms with Crippen LogP contribution in [-0.4, -0.2) is 11.6 Å². The summed E-state index contributed by atoms with van der Waals surface area (Å²) in [4.78, 5) is 12.4. The fourth-order valence-electron chi connectivity index (χ4n) is 0.931. The van der Waals surface area contributed by atoms with Crippen LogP contribution in [0.4, 0.5) is 0 Å². The highest BCUT2D eigenvalue weighted by Crippen LogP contribution is 2.32. The molecule has 0 aliphatic carbocycles. The van der Waals surface area contributed by atoms with E-state index in [1.807, 2.05) is 26.8 Å². The third kappa shape index (κ3) is 4.80. The first-order valence-electron chi connectivity index (χ1n) is 4.64. The van der Waals surface area contributed by atoms with Gasteiger partial charge in [0.1, 0.15) is 5.60 Å². The van der Waals surface area contributed by atoms with E-state index in [4.69, 9.17) is 4.74 Å². The lowest BCUT2D eigenvalue weighted by atomic mass is 10.2. The summed E-state index contributed by atoms with van der Waals surface area (Å²) in [7, 11) is 0. The SMILES string of the molecule is CC(C)(C)OC(=O)C=Cc1cc(Br)c(Br)s1. The van der Waals surface area contributed by atoms with Crippen molar-refractivity contribution in [2.45, 2.75) is 26.4 Å². The summed E-state index contributed by atoms with van der Waals surface area (Å²) >= 11 is 8.33. The van der Waals surface area contributed by atoms with Crippen molar-refractivity contribution in [1.82, 2.24) is 0 Å². The summed E-state index contributed by atoms with van der Waals surface area (Å²) in [6.07, 6.45) is 3.18. The van der Waals surface area contributed by atoms with Gasteiger partial charge in [0.25, 0.3) is 0 Å². The number of ether oxygens (including phenoxy) is 1. The molecule has 0 atom stereocenters. The maximum Gasteiger partial charge on any atom is 0.331 e. The fourth-order valence-corrected chi connectivity index (χ4v) is 2.92. The zero-order valence-electron chi connectivity index (χ0n) is 9.21.